The quantitative estimate of drug-likeness (QED) is 0.159. The minimum Gasteiger partial charge on any atom is -0.453 e. The molecule has 30 heavy (non-hydrogen) atoms. The average Bonchev–Trinajstić information content (AvgIpc) is 2.68. The third-order valence-electron chi connectivity index (χ3n) is 4.06. The molecule has 0 aromatic heterocycles. The van der Waals surface area contributed by atoms with E-state index in [1.54, 1.807) is 13.8 Å². The lowest BCUT2D eigenvalue weighted by atomic mass is 10.1. The number of anilines is 1. The molecule has 0 radical (unpaired) electrons. The number of esters is 1. The van der Waals surface area contributed by atoms with Crippen LogP contribution < -0.4 is 15.6 Å². The van der Waals surface area contributed by atoms with E-state index in [9.17, 15) is 27.2 Å². The van der Waals surface area contributed by atoms with Gasteiger partial charge in [0.05, 0.1) is 22.2 Å². The number of hydrazine groups is 1. The van der Waals surface area contributed by atoms with E-state index in [4.69, 9.17) is 22.2 Å². The van der Waals surface area contributed by atoms with E-state index in [0.29, 0.717) is 17.5 Å². The van der Waals surface area contributed by atoms with Crippen molar-refractivity contribution >= 4 is 29.4 Å². The Hall–Kier alpha value is -2.85. The van der Waals surface area contributed by atoms with Crippen LogP contribution in [-0.2, 0) is 15.7 Å². The van der Waals surface area contributed by atoms with E-state index < -0.39 is 46.3 Å². The molecule has 2 rings (SSSR count). The Labute approximate surface area is 174 Å². The SMILES string of the molecule is CCC(C)C(=O)OC(=O)N(N)c1ccc(Oc2c(F)cc(C(F)(F)F)cc2Cl)cc1. The molecule has 0 aliphatic carbocycles. The van der Waals surface area contributed by atoms with Crippen molar-refractivity contribution in [1.82, 2.24) is 0 Å². The van der Waals surface area contributed by atoms with Gasteiger partial charge in [-0.25, -0.2) is 20.0 Å². The van der Waals surface area contributed by atoms with Crippen LogP contribution in [-0.4, -0.2) is 12.1 Å². The van der Waals surface area contributed by atoms with Gasteiger partial charge in [-0.1, -0.05) is 25.4 Å². The van der Waals surface area contributed by atoms with Gasteiger partial charge in [-0.3, -0.25) is 4.79 Å². The third kappa shape index (κ3) is 5.61. The van der Waals surface area contributed by atoms with Crippen molar-refractivity contribution in [3.05, 3.63) is 52.8 Å². The van der Waals surface area contributed by atoms with Crippen molar-refractivity contribution in [1.29, 1.82) is 0 Å². The molecule has 1 atom stereocenters. The molecule has 2 aromatic rings. The van der Waals surface area contributed by atoms with Gasteiger partial charge >= 0.3 is 18.2 Å². The van der Waals surface area contributed by atoms with Gasteiger partial charge in [0.15, 0.2) is 11.6 Å². The summed E-state index contributed by atoms with van der Waals surface area (Å²) in [5.41, 5.74) is -1.14. The molecule has 2 N–H and O–H groups in total. The van der Waals surface area contributed by atoms with E-state index in [2.05, 4.69) is 4.74 Å². The van der Waals surface area contributed by atoms with Gasteiger partial charge in [0.1, 0.15) is 5.75 Å². The van der Waals surface area contributed by atoms with Gasteiger partial charge in [-0.05, 0) is 42.8 Å². The number of carbonyl (C=O) groups is 2. The molecule has 2 aromatic carbocycles. The number of hydrogen-bond acceptors (Lipinski definition) is 5. The van der Waals surface area contributed by atoms with Gasteiger partial charge in [-0.2, -0.15) is 13.2 Å². The second-order valence-corrected chi connectivity index (χ2v) is 6.64. The first-order valence-corrected chi connectivity index (χ1v) is 8.96. The van der Waals surface area contributed by atoms with Crippen LogP contribution in [0.4, 0.5) is 28.0 Å². The summed E-state index contributed by atoms with van der Waals surface area (Å²) in [6.45, 7) is 3.34. The second kappa shape index (κ2) is 9.31. The van der Waals surface area contributed by atoms with Crippen LogP contribution in [0.25, 0.3) is 0 Å². The van der Waals surface area contributed by atoms with Crippen LogP contribution in [0.15, 0.2) is 36.4 Å². The summed E-state index contributed by atoms with van der Waals surface area (Å²) in [5.74, 6) is 2.51. The molecular weight excluding hydrogens is 432 g/mol. The summed E-state index contributed by atoms with van der Waals surface area (Å²) in [4.78, 5) is 23.6. The standard InChI is InChI=1S/C19H17ClF4N2O4/c1-3-10(2)17(27)30-18(28)26(25)12-4-6-13(7-5-12)29-16-14(20)8-11(9-15(16)21)19(22,23)24/h4-10H,3,25H2,1-2H3. The fraction of sp³-hybridized carbons (Fsp3) is 0.263. The van der Waals surface area contributed by atoms with Gasteiger partial charge in [0, 0.05) is 0 Å². The number of benzene rings is 2. The lowest BCUT2D eigenvalue weighted by Crippen LogP contribution is -2.39. The molecule has 0 aliphatic rings. The second-order valence-electron chi connectivity index (χ2n) is 6.23. The summed E-state index contributed by atoms with van der Waals surface area (Å²) in [7, 11) is 0. The first-order chi connectivity index (χ1) is 13.9. The normalized spacial score (nSPS) is 12.3. The zero-order chi connectivity index (χ0) is 22.6. The first-order valence-electron chi connectivity index (χ1n) is 8.58. The molecule has 6 nitrogen and oxygen atoms in total. The third-order valence-corrected chi connectivity index (χ3v) is 4.34. The summed E-state index contributed by atoms with van der Waals surface area (Å²) >= 11 is 5.71. The number of amides is 1. The summed E-state index contributed by atoms with van der Waals surface area (Å²) in [6.07, 6.45) is -5.39. The van der Waals surface area contributed by atoms with E-state index >= 15 is 0 Å². The maximum absolute atomic E-state index is 14.0. The van der Waals surface area contributed by atoms with Crippen LogP contribution in [0.5, 0.6) is 11.5 Å². The molecule has 1 unspecified atom stereocenters. The number of carbonyl (C=O) groups excluding carboxylic acids is 2. The van der Waals surface area contributed by atoms with Crippen LogP contribution in [0, 0.1) is 11.7 Å². The topological polar surface area (TPSA) is 81.9 Å². The molecule has 0 saturated carbocycles. The Morgan fingerprint density at radius 2 is 1.80 bits per heavy atom. The largest absolute Gasteiger partial charge is 0.453 e. The molecule has 0 spiro atoms. The number of nitrogens with two attached hydrogens (primary N) is 1. The molecule has 0 saturated heterocycles. The predicted octanol–water partition coefficient (Wildman–Crippen LogP) is 5.68. The maximum Gasteiger partial charge on any atom is 0.436 e. The Morgan fingerprint density at radius 1 is 1.20 bits per heavy atom. The number of halogens is 5. The minimum absolute atomic E-state index is 0.0109. The van der Waals surface area contributed by atoms with E-state index in [0.717, 1.165) is 0 Å². The van der Waals surface area contributed by atoms with Crippen molar-refractivity contribution in [2.75, 3.05) is 5.01 Å². The van der Waals surface area contributed by atoms with Gasteiger partial charge in [0.25, 0.3) is 0 Å². The highest BCUT2D eigenvalue weighted by molar-refractivity contribution is 6.32. The molecule has 1 amide bonds. The Kier molecular flexibility index (Phi) is 7.27. The van der Waals surface area contributed by atoms with Gasteiger partial charge in [-0.15, -0.1) is 0 Å². The average molecular weight is 449 g/mol. The minimum atomic E-state index is -4.76. The Bertz CT molecular complexity index is 912. The molecule has 162 valence electrons. The number of hydrogen-bond donors (Lipinski definition) is 1. The molecule has 0 bridgehead atoms. The molecular formula is C19H17ClF4N2O4. The maximum atomic E-state index is 14.0. The van der Waals surface area contributed by atoms with Crippen LogP contribution in [0.3, 0.4) is 0 Å². The van der Waals surface area contributed by atoms with Crippen LogP contribution >= 0.6 is 11.6 Å². The van der Waals surface area contributed by atoms with E-state index in [-0.39, 0.29) is 17.5 Å². The van der Waals surface area contributed by atoms with Crippen molar-refractivity contribution in [3.8, 4) is 11.5 Å². The summed E-state index contributed by atoms with van der Waals surface area (Å²) in [6, 6.07) is 5.93. The van der Waals surface area contributed by atoms with Crippen molar-refractivity contribution in [3.63, 3.8) is 0 Å². The fourth-order valence-corrected chi connectivity index (χ4v) is 2.37. The number of nitrogens with zero attached hydrogens (tertiary/aromatic N) is 1. The number of ether oxygens (including phenoxy) is 2. The van der Waals surface area contributed by atoms with Crippen LogP contribution in [0.2, 0.25) is 5.02 Å². The number of alkyl halides is 3. The molecule has 0 aliphatic heterocycles. The molecule has 11 heteroatoms. The fourth-order valence-electron chi connectivity index (χ4n) is 2.12. The summed E-state index contributed by atoms with van der Waals surface area (Å²) < 4.78 is 62.0. The number of rotatable bonds is 5. The highest BCUT2D eigenvalue weighted by Gasteiger charge is 2.32. The van der Waals surface area contributed by atoms with E-state index in [1.165, 1.54) is 24.3 Å². The smallest absolute Gasteiger partial charge is 0.436 e. The highest BCUT2D eigenvalue weighted by Crippen LogP contribution is 2.38. The molecule has 0 heterocycles. The zero-order valence-corrected chi connectivity index (χ0v) is 16.6. The molecule has 0 fully saturated rings. The van der Waals surface area contributed by atoms with Crippen molar-refractivity contribution in [2.45, 2.75) is 26.4 Å². The highest BCUT2D eigenvalue weighted by atomic mass is 35.5. The predicted molar refractivity (Wildman–Crippen MR) is 101 cm³/mol. The van der Waals surface area contributed by atoms with Gasteiger partial charge in [0.2, 0.25) is 0 Å². The van der Waals surface area contributed by atoms with Crippen molar-refractivity contribution < 1.29 is 36.6 Å². The lowest BCUT2D eigenvalue weighted by Gasteiger charge is -2.17. The monoisotopic (exact) mass is 448 g/mol. The van der Waals surface area contributed by atoms with Crippen LogP contribution in [0.1, 0.15) is 25.8 Å². The summed E-state index contributed by atoms with van der Waals surface area (Å²) in [5, 5.41) is 0.00873. The van der Waals surface area contributed by atoms with E-state index in [1.807, 2.05) is 0 Å². The zero-order valence-electron chi connectivity index (χ0n) is 15.8. The van der Waals surface area contributed by atoms with Crippen molar-refractivity contribution in [2.24, 2.45) is 11.8 Å². The lowest BCUT2D eigenvalue weighted by molar-refractivity contribution is -0.141. The Balaban J connectivity index is 2.13. The first kappa shape index (κ1) is 23.4. The van der Waals surface area contributed by atoms with Gasteiger partial charge < -0.3 is 9.47 Å². The Morgan fingerprint density at radius 3 is 2.30 bits per heavy atom.